The lowest BCUT2D eigenvalue weighted by Gasteiger charge is -2.36. The standard InChI is InChI=1S/C33H35Cl3N6O3S/c1-46(44,45)41-15-12-31-28(22-41)32(24-8-11-29(36)30(20-24)37-33(43)23-6-9-25(34)10-7-23)38-42(31)14-3-13-39-16-18-40(19-17-39)27-5-2-4-26(35)21-27/h2,4-11,20-21H,3,12-19,22H2,1H3,(H,37,43). The Balaban J connectivity index is 1.18. The lowest BCUT2D eigenvalue weighted by Crippen LogP contribution is -2.46. The maximum absolute atomic E-state index is 13.0. The summed E-state index contributed by atoms with van der Waals surface area (Å²) in [6, 6.07) is 20.0. The molecule has 0 atom stereocenters. The van der Waals surface area contributed by atoms with Crippen LogP contribution in [0.1, 0.15) is 28.0 Å². The SMILES string of the molecule is CS(=O)(=O)N1CCc2c(c(-c3ccc(Cl)c(NC(=O)c4ccc(Cl)cc4)c3)nn2CCCN2CCN(c3cccc(Cl)c3)CC2)C1. The van der Waals surface area contributed by atoms with E-state index >= 15 is 0 Å². The molecule has 1 aromatic heterocycles. The number of fused-ring (bicyclic) bond motifs is 1. The number of aromatic nitrogens is 2. The van der Waals surface area contributed by atoms with E-state index < -0.39 is 10.0 Å². The molecule has 0 spiro atoms. The number of carbonyl (C=O) groups excluding carboxylic acids is 1. The minimum atomic E-state index is -3.39. The maximum Gasteiger partial charge on any atom is 0.255 e. The molecule has 2 aliphatic heterocycles. The van der Waals surface area contributed by atoms with Crippen molar-refractivity contribution in [2.45, 2.75) is 25.9 Å². The van der Waals surface area contributed by atoms with Gasteiger partial charge in [-0.15, -0.1) is 0 Å². The Hall–Kier alpha value is -3.12. The van der Waals surface area contributed by atoms with Gasteiger partial charge in [0.15, 0.2) is 0 Å². The average molecular weight is 702 g/mol. The van der Waals surface area contributed by atoms with Crippen molar-refractivity contribution in [1.29, 1.82) is 0 Å². The van der Waals surface area contributed by atoms with Crippen molar-refractivity contribution in [3.8, 4) is 11.3 Å². The number of piperazine rings is 1. The third-order valence-electron chi connectivity index (χ3n) is 8.55. The molecule has 6 rings (SSSR count). The molecular formula is C33H35Cl3N6O3S. The molecule has 1 amide bonds. The van der Waals surface area contributed by atoms with E-state index in [0.717, 1.165) is 66.7 Å². The summed E-state index contributed by atoms with van der Waals surface area (Å²) >= 11 is 18.7. The van der Waals surface area contributed by atoms with Gasteiger partial charge in [-0.3, -0.25) is 14.4 Å². The monoisotopic (exact) mass is 700 g/mol. The first-order chi connectivity index (χ1) is 22.0. The van der Waals surface area contributed by atoms with E-state index in [2.05, 4.69) is 21.2 Å². The third-order valence-corrected chi connectivity index (χ3v) is 10.6. The summed E-state index contributed by atoms with van der Waals surface area (Å²) < 4.78 is 28.6. The topological polar surface area (TPSA) is 90.8 Å². The van der Waals surface area contributed by atoms with Gasteiger partial charge in [-0.1, -0.05) is 46.9 Å². The fourth-order valence-electron chi connectivity index (χ4n) is 6.08. The molecular weight excluding hydrogens is 667 g/mol. The van der Waals surface area contributed by atoms with E-state index in [1.807, 2.05) is 28.9 Å². The van der Waals surface area contributed by atoms with Crippen LogP contribution in [0.2, 0.25) is 15.1 Å². The van der Waals surface area contributed by atoms with E-state index in [1.165, 1.54) is 10.6 Å². The number of aryl methyl sites for hydroxylation is 1. The van der Waals surface area contributed by atoms with Crippen molar-refractivity contribution in [1.82, 2.24) is 19.0 Å². The predicted octanol–water partition coefficient (Wildman–Crippen LogP) is 6.29. The Labute approximate surface area is 284 Å². The van der Waals surface area contributed by atoms with Crippen molar-refractivity contribution in [2.75, 3.05) is 55.7 Å². The van der Waals surface area contributed by atoms with Crippen LogP contribution in [0.3, 0.4) is 0 Å². The zero-order valence-electron chi connectivity index (χ0n) is 25.4. The molecule has 1 N–H and O–H groups in total. The summed E-state index contributed by atoms with van der Waals surface area (Å²) in [5.74, 6) is -0.320. The number of nitrogens with one attached hydrogen (secondary N) is 1. The zero-order valence-corrected chi connectivity index (χ0v) is 28.5. The van der Waals surface area contributed by atoms with Gasteiger partial charge in [0.1, 0.15) is 0 Å². The number of benzene rings is 3. The summed E-state index contributed by atoms with van der Waals surface area (Å²) in [6.07, 6.45) is 2.71. The highest BCUT2D eigenvalue weighted by Crippen LogP contribution is 2.35. The van der Waals surface area contributed by atoms with E-state index in [4.69, 9.17) is 39.9 Å². The number of halogens is 3. The molecule has 2 aliphatic rings. The molecule has 0 aliphatic carbocycles. The fraction of sp³-hybridized carbons (Fsp3) is 0.333. The molecule has 1 saturated heterocycles. The van der Waals surface area contributed by atoms with Crippen LogP contribution in [0.25, 0.3) is 11.3 Å². The normalized spacial score (nSPS) is 16.0. The Morgan fingerprint density at radius 2 is 1.65 bits per heavy atom. The van der Waals surface area contributed by atoms with Crippen LogP contribution in [-0.4, -0.2) is 78.8 Å². The van der Waals surface area contributed by atoms with Gasteiger partial charge in [0, 0.05) is 96.9 Å². The third kappa shape index (κ3) is 7.54. The highest BCUT2D eigenvalue weighted by molar-refractivity contribution is 7.88. The molecule has 3 heterocycles. The summed E-state index contributed by atoms with van der Waals surface area (Å²) in [7, 11) is -3.39. The molecule has 3 aromatic carbocycles. The lowest BCUT2D eigenvalue weighted by molar-refractivity contribution is 0.102. The van der Waals surface area contributed by atoms with Crippen molar-refractivity contribution < 1.29 is 13.2 Å². The number of anilines is 2. The summed E-state index contributed by atoms with van der Waals surface area (Å²) in [5, 5.41) is 9.59. The number of hydrogen-bond acceptors (Lipinski definition) is 6. The van der Waals surface area contributed by atoms with E-state index in [0.29, 0.717) is 46.5 Å². The molecule has 0 saturated carbocycles. The Morgan fingerprint density at radius 1 is 0.891 bits per heavy atom. The molecule has 4 aromatic rings. The van der Waals surface area contributed by atoms with E-state index in [-0.39, 0.29) is 12.5 Å². The minimum absolute atomic E-state index is 0.240. The van der Waals surface area contributed by atoms with Gasteiger partial charge in [-0.05, 0) is 61.0 Å². The Kier molecular flexibility index (Phi) is 9.94. The first kappa shape index (κ1) is 32.8. The smallest absolute Gasteiger partial charge is 0.255 e. The van der Waals surface area contributed by atoms with Crippen molar-refractivity contribution in [2.24, 2.45) is 0 Å². The zero-order chi connectivity index (χ0) is 32.4. The second-order valence-electron chi connectivity index (χ2n) is 11.7. The lowest BCUT2D eigenvalue weighted by atomic mass is 10.0. The molecule has 46 heavy (non-hydrogen) atoms. The van der Waals surface area contributed by atoms with Gasteiger partial charge in [0.05, 0.1) is 22.7 Å². The number of amides is 1. The minimum Gasteiger partial charge on any atom is -0.369 e. The Morgan fingerprint density at radius 3 is 2.37 bits per heavy atom. The van der Waals surface area contributed by atoms with E-state index in [1.54, 1.807) is 36.4 Å². The van der Waals surface area contributed by atoms with Crippen LogP contribution in [-0.2, 0) is 29.5 Å². The molecule has 0 radical (unpaired) electrons. The second kappa shape index (κ2) is 13.9. The molecule has 0 unspecified atom stereocenters. The largest absolute Gasteiger partial charge is 0.369 e. The maximum atomic E-state index is 13.0. The summed E-state index contributed by atoms with van der Waals surface area (Å²) in [4.78, 5) is 17.8. The van der Waals surface area contributed by atoms with Gasteiger partial charge in [0.25, 0.3) is 5.91 Å². The van der Waals surface area contributed by atoms with Crippen LogP contribution < -0.4 is 10.2 Å². The van der Waals surface area contributed by atoms with Crippen LogP contribution >= 0.6 is 34.8 Å². The summed E-state index contributed by atoms with van der Waals surface area (Å²) in [6.45, 7) is 6.11. The molecule has 242 valence electrons. The highest BCUT2D eigenvalue weighted by atomic mass is 35.5. The molecule has 0 bridgehead atoms. The number of nitrogens with zero attached hydrogens (tertiary/aromatic N) is 5. The van der Waals surface area contributed by atoms with Crippen LogP contribution in [0.15, 0.2) is 66.7 Å². The van der Waals surface area contributed by atoms with Crippen molar-refractivity contribution >= 4 is 62.1 Å². The van der Waals surface area contributed by atoms with Crippen molar-refractivity contribution in [3.63, 3.8) is 0 Å². The second-order valence-corrected chi connectivity index (χ2v) is 14.9. The first-order valence-corrected chi connectivity index (χ1v) is 18.2. The fourth-order valence-corrected chi connectivity index (χ4v) is 7.34. The quantitative estimate of drug-likeness (QED) is 0.221. The van der Waals surface area contributed by atoms with Gasteiger partial charge in [-0.25, -0.2) is 8.42 Å². The number of sulfonamides is 1. The predicted molar refractivity (Wildman–Crippen MR) is 186 cm³/mol. The van der Waals surface area contributed by atoms with Crippen LogP contribution in [0.5, 0.6) is 0 Å². The van der Waals surface area contributed by atoms with Gasteiger partial charge in [-0.2, -0.15) is 9.40 Å². The number of rotatable bonds is 9. The van der Waals surface area contributed by atoms with Gasteiger partial charge < -0.3 is 10.2 Å². The highest BCUT2D eigenvalue weighted by Gasteiger charge is 2.30. The van der Waals surface area contributed by atoms with Crippen LogP contribution in [0, 0.1) is 0 Å². The molecule has 13 heteroatoms. The van der Waals surface area contributed by atoms with E-state index in [9.17, 15) is 13.2 Å². The number of hydrogen-bond donors (Lipinski definition) is 1. The first-order valence-electron chi connectivity index (χ1n) is 15.2. The summed E-state index contributed by atoms with van der Waals surface area (Å²) in [5.41, 5.74) is 5.40. The van der Waals surface area contributed by atoms with Gasteiger partial charge >= 0.3 is 0 Å². The molecule has 9 nitrogen and oxygen atoms in total. The molecule has 1 fully saturated rings. The Bertz CT molecular complexity index is 1840. The van der Waals surface area contributed by atoms with Crippen molar-refractivity contribution in [3.05, 3.63) is 98.6 Å². The van der Waals surface area contributed by atoms with Crippen LogP contribution in [0.4, 0.5) is 11.4 Å². The average Bonchev–Trinajstić information content (AvgIpc) is 3.40. The van der Waals surface area contributed by atoms with Gasteiger partial charge in [0.2, 0.25) is 10.0 Å². The number of carbonyl (C=O) groups is 1.